The zero-order valence-electron chi connectivity index (χ0n) is 10.4. The van der Waals surface area contributed by atoms with E-state index >= 15 is 0 Å². The van der Waals surface area contributed by atoms with Gasteiger partial charge in [-0.15, -0.1) is 0 Å². The number of ketones is 1. The van der Waals surface area contributed by atoms with Crippen molar-refractivity contribution < 1.29 is 27.4 Å². The van der Waals surface area contributed by atoms with Gasteiger partial charge in [-0.1, -0.05) is 0 Å². The minimum atomic E-state index is -4.94. The highest BCUT2D eigenvalue weighted by Crippen LogP contribution is 2.36. The molecule has 0 atom stereocenters. The van der Waals surface area contributed by atoms with Crippen LogP contribution in [0.4, 0.5) is 13.2 Å². The van der Waals surface area contributed by atoms with Crippen LogP contribution in [0.1, 0.15) is 21.5 Å². The molecule has 0 spiro atoms. The van der Waals surface area contributed by atoms with E-state index in [4.69, 9.17) is 9.47 Å². The van der Waals surface area contributed by atoms with Crippen LogP contribution in [-0.2, 0) is 0 Å². The summed E-state index contributed by atoms with van der Waals surface area (Å²) in [5.74, 6) is -1.79. The van der Waals surface area contributed by atoms with E-state index in [1.54, 1.807) is 13.8 Å². The molecular weight excluding hydrogens is 249 g/mol. The maximum Gasteiger partial charge on any atom is 0.455 e. The van der Waals surface area contributed by atoms with Gasteiger partial charge in [-0.05, 0) is 31.0 Å². The maximum atomic E-state index is 12.5. The lowest BCUT2D eigenvalue weighted by atomic mass is 10.00. The van der Waals surface area contributed by atoms with Crippen molar-refractivity contribution in [3.63, 3.8) is 0 Å². The van der Waals surface area contributed by atoms with Gasteiger partial charge < -0.3 is 9.47 Å². The van der Waals surface area contributed by atoms with E-state index < -0.39 is 17.5 Å². The second-order valence-corrected chi connectivity index (χ2v) is 3.74. The SMILES string of the molecule is COc1cc(C(=O)C(F)(F)F)c(OC)c(C)c1C. The summed E-state index contributed by atoms with van der Waals surface area (Å²) in [4.78, 5) is 11.3. The first kappa shape index (κ1) is 14.3. The molecule has 0 saturated heterocycles. The van der Waals surface area contributed by atoms with Gasteiger partial charge in [-0.25, -0.2) is 0 Å². The van der Waals surface area contributed by atoms with Gasteiger partial charge in [0.2, 0.25) is 0 Å². The van der Waals surface area contributed by atoms with Gasteiger partial charge in [-0.2, -0.15) is 13.2 Å². The quantitative estimate of drug-likeness (QED) is 0.785. The number of hydrogen-bond acceptors (Lipinski definition) is 3. The Morgan fingerprint density at radius 3 is 2.06 bits per heavy atom. The number of carbonyl (C=O) groups excluding carboxylic acids is 1. The first-order valence-corrected chi connectivity index (χ1v) is 5.07. The standard InChI is InChI=1S/C12H13F3O3/c1-6-7(2)10(18-4)8(5-9(6)17-3)11(16)12(13,14)15/h5H,1-4H3. The van der Waals surface area contributed by atoms with Gasteiger partial charge in [0, 0.05) is 0 Å². The number of halogens is 3. The molecular formula is C12H13F3O3. The molecule has 0 heterocycles. The third-order valence-corrected chi connectivity index (χ3v) is 2.72. The van der Waals surface area contributed by atoms with Crippen molar-refractivity contribution in [2.45, 2.75) is 20.0 Å². The molecule has 6 heteroatoms. The highest BCUT2D eigenvalue weighted by atomic mass is 19.4. The molecule has 1 aromatic rings. The third kappa shape index (κ3) is 2.42. The second-order valence-electron chi connectivity index (χ2n) is 3.74. The highest BCUT2D eigenvalue weighted by molar-refractivity contribution is 6.03. The Morgan fingerprint density at radius 1 is 1.11 bits per heavy atom. The van der Waals surface area contributed by atoms with E-state index in [9.17, 15) is 18.0 Å². The van der Waals surface area contributed by atoms with Crippen molar-refractivity contribution in [2.75, 3.05) is 14.2 Å². The maximum absolute atomic E-state index is 12.5. The average molecular weight is 262 g/mol. The molecule has 1 rings (SSSR count). The van der Waals surface area contributed by atoms with Crippen molar-refractivity contribution in [3.05, 3.63) is 22.8 Å². The Morgan fingerprint density at radius 2 is 1.67 bits per heavy atom. The smallest absolute Gasteiger partial charge is 0.455 e. The third-order valence-electron chi connectivity index (χ3n) is 2.72. The largest absolute Gasteiger partial charge is 0.496 e. The van der Waals surface area contributed by atoms with E-state index in [2.05, 4.69) is 0 Å². The summed E-state index contributed by atoms with van der Waals surface area (Å²) in [7, 11) is 2.55. The Balaban J connectivity index is 3.53. The van der Waals surface area contributed by atoms with E-state index in [-0.39, 0.29) is 11.5 Å². The molecule has 0 saturated carbocycles. The van der Waals surface area contributed by atoms with Gasteiger partial charge >= 0.3 is 6.18 Å². The molecule has 0 N–H and O–H groups in total. The van der Waals surface area contributed by atoms with Crippen LogP contribution < -0.4 is 9.47 Å². The molecule has 1 aromatic carbocycles. The number of carbonyl (C=O) groups is 1. The molecule has 0 aromatic heterocycles. The highest BCUT2D eigenvalue weighted by Gasteiger charge is 2.41. The predicted octanol–water partition coefficient (Wildman–Crippen LogP) is 3.07. The average Bonchev–Trinajstić information content (AvgIpc) is 2.30. The van der Waals surface area contributed by atoms with E-state index in [1.807, 2.05) is 0 Å². The van der Waals surface area contributed by atoms with E-state index in [1.165, 1.54) is 14.2 Å². The molecule has 3 nitrogen and oxygen atoms in total. The molecule has 0 radical (unpaired) electrons. The van der Waals surface area contributed by atoms with Crippen LogP contribution >= 0.6 is 0 Å². The molecule has 0 aliphatic heterocycles. The molecule has 0 unspecified atom stereocenters. The normalized spacial score (nSPS) is 11.3. The fourth-order valence-electron chi connectivity index (χ4n) is 1.66. The van der Waals surface area contributed by atoms with E-state index in [0.717, 1.165) is 6.07 Å². The van der Waals surface area contributed by atoms with Gasteiger partial charge in [0.25, 0.3) is 5.78 Å². The number of rotatable bonds is 3. The summed E-state index contributed by atoms with van der Waals surface area (Å²) in [5, 5.41) is 0. The monoisotopic (exact) mass is 262 g/mol. The topological polar surface area (TPSA) is 35.5 Å². The van der Waals surface area contributed by atoms with E-state index in [0.29, 0.717) is 11.1 Å². The lowest BCUT2D eigenvalue weighted by Crippen LogP contribution is -2.23. The summed E-state index contributed by atoms with van der Waals surface area (Å²) in [5.41, 5.74) is 0.544. The van der Waals surface area contributed by atoms with Crippen LogP contribution in [0, 0.1) is 13.8 Å². The summed E-state index contributed by atoms with van der Waals surface area (Å²) in [6, 6.07) is 1.05. The number of Topliss-reactive ketones (excluding diaryl/α,β-unsaturated/α-hetero) is 1. The first-order chi connectivity index (χ1) is 8.23. The molecule has 18 heavy (non-hydrogen) atoms. The second kappa shape index (κ2) is 4.88. The summed E-state index contributed by atoms with van der Waals surface area (Å²) in [6.45, 7) is 3.25. The Labute approximate surface area is 103 Å². The van der Waals surface area contributed by atoms with Crippen molar-refractivity contribution in [1.29, 1.82) is 0 Å². The number of alkyl halides is 3. The number of hydrogen-bond donors (Lipinski definition) is 0. The summed E-state index contributed by atoms with van der Waals surface area (Å²) in [6.07, 6.45) is -4.94. The van der Waals surface area contributed by atoms with Crippen molar-refractivity contribution in [3.8, 4) is 11.5 Å². The predicted molar refractivity (Wildman–Crippen MR) is 59.4 cm³/mol. The van der Waals surface area contributed by atoms with Gasteiger partial charge in [0.05, 0.1) is 19.8 Å². The Kier molecular flexibility index (Phi) is 3.88. The van der Waals surface area contributed by atoms with Crippen LogP contribution in [0.15, 0.2) is 6.07 Å². The summed E-state index contributed by atoms with van der Waals surface area (Å²) >= 11 is 0. The van der Waals surface area contributed by atoms with Gasteiger partial charge in [-0.3, -0.25) is 4.79 Å². The van der Waals surface area contributed by atoms with Crippen LogP contribution in [0.2, 0.25) is 0 Å². The van der Waals surface area contributed by atoms with Crippen molar-refractivity contribution in [1.82, 2.24) is 0 Å². The van der Waals surface area contributed by atoms with Crippen molar-refractivity contribution in [2.24, 2.45) is 0 Å². The van der Waals surface area contributed by atoms with Crippen LogP contribution in [-0.4, -0.2) is 26.2 Å². The molecule has 0 amide bonds. The molecule has 0 aliphatic carbocycles. The minimum absolute atomic E-state index is 0.0735. The minimum Gasteiger partial charge on any atom is -0.496 e. The number of benzene rings is 1. The molecule has 0 fully saturated rings. The molecule has 100 valence electrons. The number of methoxy groups -OCH3 is 2. The zero-order chi connectivity index (χ0) is 14.1. The Hall–Kier alpha value is -1.72. The zero-order valence-corrected chi connectivity index (χ0v) is 10.4. The van der Waals surface area contributed by atoms with Gasteiger partial charge in [0.1, 0.15) is 11.5 Å². The van der Waals surface area contributed by atoms with Crippen LogP contribution in [0.3, 0.4) is 0 Å². The fraction of sp³-hybridized carbons (Fsp3) is 0.417. The van der Waals surface area contributed by atoms with Crippen LogP contribution in [0.5, 0.6) is 11.5 Å². The number of ether oxygens (including phenoxy) is 2. The fourth-order valence-corrected chi connectivity index (χ4v) is 1.66. The molecule has 0 bridgehead atoms. The van der Waals surface area contributed by atoms with Crippen molar-refractivity contribution >= 4 is 5.78 Å². The summed E-state index contributed by atoms with van der Waals surface area (Å²) < 4.78 is 47.3. The van der Waals surface area contributed by atoms with Crippen LogP contribution in [0.25, 0.3) is 0 Å². The lowest BCUT2D eigenvalue weighted by Gasteiger charge is -2.16. The van der Waals surface area contributed by atoms with Gasteiger partial charge in [0.15, 0.2) is 0 Å². The Bertz CT molecular complexity index is 478. The molecule has 0 aliphatic rings. The first-order valence-electron chi connectivity index (χ1n) is 5.07. The lowest BCUT2D eigenvalue weighted by molar-refractivity contribution is -0.0886.